The summed E-state index contributed by atoms with van der Waals surface area (Å²) in [6, 6.07) is 8.48. The van der Waals surface area contributed by atoms with E-state index in [2.05, 4.69) is 41.4 Å². The van der Waals surface area contributed by atoms with Crippen LogP contribution in [0.2, 0.25) is 0 Å². The molecule has 0 radical (unpaired) electrons. The molecule has 5 nitrogen and oxygen atoms in total. The van der Waals surface area contributed by atoms with Crippen molar-refractivity contribution in [2.24, 2.45) is 5.92 Å². The number of carbonyl (C=O) groups is 2. The van der Waals surface area contributed by atoms with Crippen LogP contribution in [0.4, 0.5) is 0 Å². The van der Waals surface area contributed by atoms with Gasteiger partial charge in [0.1, 0.15) is 0 Å². The third kappa shape index (κ3) is 4.60. The molecule has 1 N–H and O–H groups in total. The lowest BCUT2D eigenvalue weighted by molar-refractivity contribution is -0.129. The van der Waals surface area contributed by atoms with Gasteiger partial charge in [-0.1, -0.05) is 29.8 Å². The number of nitrogens with one attached hydrogen (secondary N) is 1. The molecule has 1 unspecified atom stereocenters. The summed E-state index contributed by atoms with van der Waals surface area (Å²) in [6.45, 7) is 4.18. The molecule has 0 bridgehead atoms. The Morgan fingerprint density at radius 2 is 2.12 bits per heavy atom. The normalized spacial score (nSPS) is 21.7. The van der Waals surface area contributed by atoms with E-state index in [1.165, 1.54) is 11.1 Å². The molecule has 3 rings (SSSR count). The van der Waals surface area contributed by atoms with Crippen molar-refractivity contribution >= 4 is 11.8 Å². The third-order valence-electron chi connectivity index (χ3n) is 5.27. The van der Waals surface area contributed by atoms with Crippen molar-refractivity contribution in [2.75, 3.05) is 33.7 Å². The largest absolute Gasteiger partial charge is 0.350 e. The fraction of sp³-hybridized carbons (Fsp3) is 0.600. The van der Waals surface area contributed by atoms with Gasteiger partial charge in [-0.2, -0.15) is 0 Å². The Balaban J connectivity index is 1.54. The van der Waals surface area contributed by atoms with Crippen LogP contribution in [0.1, 0.15) is 30.4 Å². The zero-order valence-corrected chi connectivity index (χ0v) is 15.5. The molecule has 25 heavy (non-hydrogen) atoms. The average Bonchev–Trinajstić information content (AvgIpc) is 3.17. The standard InChI is InChI=1S/C20H29N3O2/c1-15-5-4-6-16(11-15)13-20(7-8-20)21-19(25)17-12-18(24)23(14-17)10-9-22(2)3/h4-6,11,17H,7-10,12-14H2,1-3H3,(H,21,25). The zero-order chi connectivity index (χ0) is 18.0. The second kappa shape index (κ2) is 7.16. The monoisotopic (exact) mass is 343 g/mol. The van der Waals surface area contributed by atoms with Crippen LogP contribution in [-0.2, 0) is 16.0 Å². The number of hydrogen-bond donors (Lipinski definition) is 1. The SMILES string of the molecule is Cc1cccc(CC2(NC(=O)C3CC(=O)N(CCN(C)C)C3)CC2)c1. The lowest BCUT2D eigenvalue weighted by Crippen LogP contribution is -2.43. The van der Waals surface area contributed by atoms with Gasteiger partial charge < -0.3 is 15.1 Å². The second-order valence-corrected chi connectivity index (χ2v) is 7.98. The topological polar surface area (TPSA) is 52.7 Å². The summed E-state index contributed by atoms with van der Waals surface area (Å²) >= 11 is 0. The van der Waals surface area contributed by atoms with E-state index < -0.39 is 0 Å². The van der Waals surface area contributed by atoms with Crippen LogP contribution >= 0.6 is 0 Å². The predicted octanol–water partition coefficient (Wildman–Crippen LogP) is 1.60. The van der Waals surface area contributed by atoms with Crippen LogP contribution in [-0.4, -0.2) is 60.9 Å². The maximum absolute atomic E-state index is 12.7. The minimum absolute atomic E-state index is 0.0471. The summed E-state index contributed by atoms with van der Waals surface area (Å²) in [7, 11) is 3.99. The number of likely N-dealkylation sites (N-methyl/N-ethyl adjacent to an activating group) is 1. The van der Waals surface area contributed by atoms with Crippen molar-refractivity contribution in [1.29, 1.82) is 0 Å². The van der Waals surface area contributed by atoms with Gasteiger partial charge in [-0.25, -0.2) is 0 Å². The number of aryl methyl sites for hydroxylation is 1. The number of nitrogens with zero attached hydrogens (tertiary/aromatic N) is 2. The minimum atomic E-state index is -0.204. The molecular formula is C20H29N3O2. The molecule has 1 aliphatic carbocycles. The van der Waals surface area contributed by atoms with Gasteiger partial charge in [-0.15, -0.1) is 0 Å². The summed E-state index contributed by atoms with van der Waals surface area (Å²) in [6.07, 6.45) is 3.28. The highest BCUT2D eigenvalue weighted by Crippen LogP contribution is 2.39. The van der Waals surface area contributed by atoms with Crippen molar-refractivity contribution in [2.45, 2.75) is 38.1 Å². The van der Waals surface area contributed by atoms with Gasteiger partial charge in [0.25, 0.3) is 0 Å². The van der Waals surface area contributed by atoms with Crippen LogP contribution in [0, 0.1) is 12.8 Å². The van der Waals surface area contributed by atoms with Crippen molar-refractivity contribution in [3.05, 3.63) is 35.4 Å². The fourth-order valence-electron chi connectivity index (χ4n) is 3.56. The predicted molar refractivity (Wildman–Crippen MR) is 98.2 cm³/mol. The second-order valence-electron chi connectivity index (χ2n) is 7.98. The van der Waals surface area contributed by atoms with Gasteiger partial charge in [0, 0.05) is 31.6 Å². The van der Waals surface area contributed by atoms with Gasteiger partial charge in [-0.05, 0) is 45.8 Å². The molecule has 1 aliphatic heterocycles. The van der Waals surface area contributed by atoms with Crippen LogP contribution in [0.5, 0.6) is 0 Å². The molecule has 136 valence electrons. The third-order valence-corrected chi connectivity index (χ3v) is 5.27. The number of hydrogen-bond acceptors (Lipinski definition) is 3. The van der Waals surface area contributed by atoms with E-state index >= 15 is 0 Å². The number of amides is 2. The summed E-state index contributed by atoms with van der Waals surface area (Å²) < 4.78 is 0. The molecule has 2 aliphatic rings. The van der Waals surface area contributed by atoms with Crippen LogP contribution in [0.25, 0.3) is 0 Å². The van der Waals surface area contributed by atoms with E-state index in [9.17, 15) is 9.59 Å². The van der Waals surface area contributed by atoms with E-state index in [4.69, 9.17) is 0 Å². The molecule has 1 aromatic carbocycles. The Labute approximate surface area is 150 Å². The quantitative estimate of drug-likeness (QED) is 0.818. The molecule has 0 spiro atoms. The zero-order valence-electron chi connectivity index (χ0n) is 15.5. The highest BCUT2D eigenvalue weighted by atomic mass is 16.2. The summed E-state index contributed by atoms with van der Waals surface area (Å²) in [5.74, 6) is -0.0546. The molecule has 2 amide bonds. The Morgan fingerprint density at radius 3 is 2.76 bits per heavy atom. The molecule has 1 saturated heterocycles. The van der Waals surface area contributed by atoms with Gasteiger partial charge >= 0.3 is 0 Å². The van der Waals surface area contributed by atoms with Gasteiger partial charge in [0.2, 0.25) is 11.8 Å². The number of likely N-dealkylation sites (tertiary alicyclic amines) is 1. The van der Waals surface area contributed by atoms with Crippen LogP contribution in [0.15, 0.2) is 24.3 Å². The average molecular weight is 343 g/mol. The van der Waals surface area contributed by atoms with Crippen LogP contribution in [0.3, 0.4) is 0 Å². The van der Waals surface area contributed by atoms with E-state index in [0.29, 0.717) is 19.5 Å². The van der Waals surface area contributed by atoms with Gasteiger partial charge in [-0.3, -0.25) is 9.59 Å². The van der Waals surface area contributed by atoms with Gasteiger partial charge in [0.05, 0.1) is 5.92 Å². The molecule has 1 saturated carbocycles. The van der Waals surface area contributed by atoms with Gasteiger partial charge in [0.15, 0.2) is 0 Å². The van der Waals surface area contributed by atoms with Crippen molar-refractivity contribution in [1.82, 2.24) is 15.1 Å². The Hall–Kier alpha value is -1.88. The molecule has 0 aromatic heterocycles. The lowest BCUT2D eigenvalue weighted by atomic mass is 10.0. The first-order chi connectivity index (χ1) is 11.9. The molecule has 5 heteroatoms. The Kier molecular flexibility index (Phi) is 5.13. The van der Waals surface area contributed by atoms with E-state index in [-0.39, 0.29) is 23.3 Å². The van der Waals surface area contributed by atoms with E-state index in [0.717, 1.165) is 25.8 Å². The smallest absolute Gasteiger partial charge is 0.225 e. The molecular weight excluding hydrogens is 314 g/mol. The lowest BCUT2D eigenvalue weighted by Gasteiger charge is -2.21. The summed E-state index contributed by atoms with van der Waals surface area (Å²) in [5, 5.41) is 3.26. The molecule has 1 heterocycles. The Bertz CT molecular complexity index is 652. The van der Waals surface area contributed by atoms with Crippen molar-refractivity contribution in [3.8, 4) is 0 Å². The van der Waals surface area contributed by atoms with Crippen molar-refractivity contribution in [3.63, 3.8) is 0 Å². The minimum Gasteiger partial charge on any atom is -0.350 e. The first-order valence-electron chi connectivity index (χ1n) is 9.17. The highest BCUT2D eigenvalue weighted by Gasteiger charge is 2.46. The molecule has 1 atom stereocenters. The number of carbonyl (C=O) groups excluding carboxylic acids is 2. The fourth-order valence-corrected chi connectivity index (χ4v) is 3.56. The van der Waals surface area contributed by atoms with E-state index in [1.807, 2.05) is 19.0 Å². The highest BCUT2D eigenvalue weighted by molar-refractivity contribution is 5.89. The number of rotatable bonds is 7. The summed E-state index contributed by atoms with van der Waals surface area (Å²) in [5.41, 5.74) is 2.43. The molecule has 2 fully saturated rings. The number of benzene rings is 1. The maximum atomic E-state index is 12.7. The molecule has 1 aromatic rings. The first kappa shape index (κ1) is 17.9. The van der Waals surface area contributed by atoms with Crippen LogP contribution < -0.4 is 5.32 Å². The first-order valence-corrected chi connectivity index (χ1v) is 9.17. The Morgan fingerprint density at radius 1 is 1.36 bits per heavy atom. The summed E-state index contributed by atoms with van der Waals surface area (Å²) in [4.78, 5) is 28.7. The maximum Gasteiger partial charge on any atom is 0.225 e. The van der Waals surface area contributed by atoms with Crippen molar-refractivity contribution < 1.29 is 9.59 Å². The van der Waals surface area contributed by atoms with E-state index in [1.54, 1.807) is 0 Å².